The molecule has 0 radical (unpaired) electrons. The molecule has 0 heterocycles. The van der Waals surface area contributed by atoms with Crippen LogP contribution >= 0.6 is 0 Å². The minimum atomic E-state index is -0.416. The van der Waals surface area contributed by atoms with Crippen LogP contribution < -0.4 is 0 Å². The summed E-state index contributed by atoms with van der Waals surface area (Å²) in [6, 6.07) is 0. The molecule has 0 spiro atoms. The van der Waals surface area contributed by atoms with Crippen LogP contribution in [-0.4, -0.2) is 22.1 Å². The maximum absolute atomic E-state index is 11.5. The Hall–Kier alpha value is -1.09. The molecule has 17 heavy (non-hydrogen) atoms. The lowest BCUT2D eigenvalue weighted by atomic mass is 10.2. The quantitative estimate of drug-likeness (QED) is 0.273. The molecule has 96 valence electrons. The van der Waals surface area contributed by atoms with Crippen molar-refractivity contribution < 1.29 is 9.53 Å². The van der Waals surface area contributed by atoms with E-state index in [-0.39, 0.29) is 5.97 Å². The molecule has 0 aromatic rings. The Kier molecular flexibility index (Phi) is 9.44. The molecule has 0 bridgehead atoms. The number of allylic oxidation sites excluding steroid dienone is 2. The summed E-state index contributed by atoms with van der Waals surface area (Å²) in [6.45, 7) is 11.9. The molecule has 2 nitrogen and oxygen atoms in total. The van der Waals surface area contributed by atoms with Crippen LogP contribution in [0.5, 0.6) is 0 Å². The van der Waals surface area contributed by atoms with Crippen molar-refractivity contribution in [2.45, 2.75) is 38.7 Å². The molecule has 0 N–H and O–H groups in total. The van der Waals surface area contributed by atoms with Crippen LogP contribution in [0.25, 0.3) is 0 Å². The second-order valence-corrected chi connectivity index (χ2v) is 6.21. The highest BCUT2D eigenvalue weighted by molar-refractivity contribution is 6.45. The van der Waals surface area contributed by atoms with Crippen LogP contribution in [0.3, 0.4) is 0 Å². The molecule has 0 saturated heterocycles. The second-order valence-electron chi connectivity index (χ2n) is 4.17. The SMILES string of the molecule is C=CCC(CC=C)[SiH2]C=C(C)C(=O)OCCC. The summed E-state index contributed by atoms with van der Waals surface area (Å²) in [4.78, 5) is 11.5. The number of carbonyl (C=O) groups excluding carboxylic acids is 1. The van der Waals surface area contributed by atoms with E-state index < -0.39 is 9.52 Å². The third kappa shape index (κ3) is 7.74. The highest BCUT2D eigenvalue weighted by Crippen LogP contribution is 2.16. The Bertz CT molecular complexity index is 272. The van der Waals surface area contributed by atoms with Crippen LogP contribution in [-0.2, 0) is 9.53 Å². The fourth-order valence-corrected chi connectivity index (χ4v) is 3.21. The number of ether oxygens (including phenoxy) is 1. The minimum Gasteiger partial charge on any atom is -0.462 e. The Balaban J connectivity index is 4.20. The third-order valence-corrected chi connectivity index (χ3v) is 4.70. The average Bonchev–Trinajstić information content (AvgIpc) is 2.33. The van der Waals surface area contributed by atoms with Gasteiger partial charge in [0.05, 0.1) is 6.61 Å². The standard InChI is InChI=1S/C14H24O2Si/c1-5-8-13(9-6-2)17-11-12(4)14(15)16-10-7-3/h5-6,11,13H,1-2,7-10,17H2,3-4H3. The zero-order valence-corrected chi connectivity index (χ0v) is 12.5. The molecule has 0 aromatic carbocycles. The van der Waals surface area contributed by atoms with Crippen LogP contribution in [0.1, 0.15) is 33.1 Å². The summed E-state index contributed by atoms with van der Waals surface area (Å²) in [5, 5.41) is 0. The van der Waals surface area contributed by atoms with E-state index in [9.17, 15) is 4.79 Å². The van der Waals surface area contributed by atoms with Gasteiger partial charge in [-0.1, -0.05) is 24.8 Å². The largest absolute Gasteiger partial charge is 0.462 e. The predicted octanol–water partition coefficient (Wildman–Crippen LogP) is 2.95. The van der Waals surface area contributed by atoms with Crippen LogP contribution in [0.2, 0.25) is 5.54 Å². The molecule has 0 unspecified atom stereocenters. The third-order valence-electron chi connectivity index (χ3n) is 2.52. The summed E-state index contributed by atoms with van der Waals surface area (Å²) >= 11 is 0. The van der Waals surface area contributed by atoms with E-state index in [1.807, 2.05) is 26.0 Å². The molecule has 0 amide bonds. The Morgan fingerprint density at radius 1 is 1.35 bits per heavy atom. The molecule has 0 fully saturated rings. The van der Waals surface area contributed by atoms with E-state index in [1.165, 1.54) is 0 Å². The normalized spacial score (nSPS) is 12.1. The van der Waals surface area contributed by atoms with E-state index >= 15 is 0 Å². The van der Waals surface area contributed by atoms with Crippen molar-refractivity contribution in [2.75, 3.05) is 6.61 Å². The zero-order valence-electron chi connectivity index (χ0n) is 11.1. The number of carbonyl (C=O) groups is 1. The topological polar surface area (TPSA) is 26.3 Å². The second kappa shape index (κ2) is 10.1. The first kappa shape index (κ1) is 15.9. The first-order valence-electron chi connectivity index (χ1n) is 6.21. The minimum absolute atomic E-state index is 0.171. The molecular weight excluding hydrogens is 228 g/mol. The smallest absolute Gasteiger partial charge is 0.332 e. The number of rotatable bonds is 9. The van der Waals surface area contributed by atoms with Crippen LogP contribution in [0.4, 0.5) is 0 Å². The Morgan fingerprint density at radius 2 is 1.94 bits per heavy atom. The van der Waals surface area contributed by atoms with Gasteiger partial charge >= 0.3 is 5.97 Å². The highest BCUT2D eigenvalue weighted by atomic mass is 28.2. The van der Waals surface area contributed by atoms with Crippen molar-refractivity contribution in [1.82, 2.24) is 0 Å². The lowest BCUT2D eigenvalue weighted by Gasteiger charge is -2.09. The molecule has 0 aliphatic rings. The van der Waals surface area contributed by atoms with Crippen molar-refractivity contribution in [3.05, 3.63) is 36.6 Å². The maximum Gasteiger partial charge on any atom is 0.332 e. The predicted molar refractivity (Wildman–Crippen MR) is 76.9 cm³/mol. The van der Waals surface area contributed by atoms with Crippen LogP contribution in [0, 0.1) is 0 Å². The summed E-state index contributed by atoms with van der Waals surface area (Å²) in [7, 11) is -0.416. The van der Waals surface area contributed by atoms with Crippen molar-refractivity contribution in [3.63, 3.8) is 0 Å². The van der Waals surface area contributed by atoms with Crippen molar-refractivity contribution in [1.29, 1.82) is 0 Å². The van der Waals surface area contributed by atoms with Gasteiger partial charge in [0, 0.05) is 15.1 Å². The fourth-order valence-electron chi connectivity index (χ4n) is 1.50. The summed E-state index contributed by atoms with van der Waals surface area (Å²) in [6.07, 6.45) is 6.77. The number of hydrogen-bond donors (Lipinski definition) is 0. The molecule has 0 aromatic heterocycles. The van der Waals surface area contributed by atoms with Crippen molar-refractivity contribution in [2.24, 2.45) is 0 Å². The summed E-state index contributed by atoms with van der Waals surface area (Å²) < 4.78 is 5.08. The Labute approximate surface area is 107 Å². The molecule has 3 heteroatoms. The molecule has 0 aliphatic heterocycles. The maximum atomic E-state index is 11.5. The van der Waals surface area contributed by atoms with Gasteiger partial charge in [0.15, 0.2) is 0 Å². The average molecular weight is 252 g/mol. The van der Waals surface area contributed by atoms with Crippen molar-refractivity contribution >= 4 is 15.5 Å². The molecule has 0 atom stereocenters. The summed E-state index contributed by atoms with van der Waals surface area (Å²) in [5.41, 5.74) is 3.47. The van der Waals surface area contributed by atoms with Gasteiger partial charge in [-0.2, -0.15) is 0 Å². The molecule has 0 saturated carbocycles. The van der Waals surface area contributed by atoms with E-state index in [1.54, 1.807) is 0 Å². The summed E-state index contributed by atoms with van der Waals surface area (Å²) in [5.74, 6) is -0.171. The van der Waals surface area contributed by atoms with Gasteiger partial charge in [0.25, 0.3) is 0 Å². The van der Waals surface area contributed by atoms with Gasteiger partial charge in [-0.05, 0) is 31.7 Å². The monoisotopic (exact) mass is 252 g/mol. The van der Waals surface area contributed by atoms with Gasteiger partial charge in [0.2, 0.25) is 0 Å². The number of hydrogen-bond acceptors (Lipinski definition) is 2. The van der Waals surface area contributed by atoms with Crippen molar-refractivity contribution in [3.8, 4) is 0 Å². The van der Waals surface area contributed by atoms with Gasteiger partial charge in [0.1, 0.15) is 0 Å². The van der Waals surface area contributed by atoms with E-state index in [0.29, 0.717) is 12.1 Å². The van der Waals surface area contributed by atoms with E-state index in [0.717, 1.165) is 24.8 Å². The molecular formula is C14H24O2Si. The van der Waals surface area contributed by atoms with E-state index in [2.05, 4.69) is 18.9 Å². The fraction of sp³-hybridized carbons (Fsp3) is 0.500. The van der Waals surface area contributed by atoms with Gasteiger partial charge in [-0.25, -0.2) is 4.79 Å². The Morgan fingerprint density at radius 3 is 2.41 bits per heavy atom. The van der Waals surface area contributed by atoms with Gasteiger partial charge < -0.3 is 4.74 Å². The number of esters is 1. The lowest BCUT2D eigenvalue weighted by molar-refractivity contribution is -0.138. The van der Waals surface area contributed by atoms with E-state index in [4.69, 9.17) is 4.74 Å². The lowest BCUT2D eigenvalue weighted by Crippen LogP contribution is -2.09. The first-order chi connectivity index (χ1) is 8.15. The molecule has 0 rings (SSSR count). The van der Waals surface area contributed by atoms with Gasteiger partial charge in [-0.3, -0.25) is 0 Å². The first-order valence-corrected chi connectivity index (χ1v) is 7.84. The van der Waals surface area contributed by atoms with Gasteiger partial charge in [-0.15, -0.1) is 13.2 Å². The van der Waals surface area contributed by atoms with Crippen LogP contribution in [0.15, 0.2) is 36.6 Å². The molecule has 0 aliphatic carbocycles. The highest BCUT2D eigenvalue weighted by Gasteiger charge is 2.08. The zero-order chi connectivity index (χ0) is 13.1.